The van der Waals surface area contributed by atoms with E-state index >= 15 is 0 Å². The zero-order chi connectivity index (χ0) is 32.4. The van der Waals surface area contributed by atoms with Crippen LogP contribution in [0.5, 0.6) is 5.75 Å². The number of hydrogen-bond acceptors (Lipinski definition) is 7. The Morgan fingerprint density at radius 1 is 1.02 bits per heavy atom. The molecule has 0 radical (unpaired) electrons. The van der Waals surface area contributed by atoms with Crippen LogP contribution in [0.15, 0.2) is 60.0 Å². The average Bonchev–Trinajstić information content (AvgIpc) is 3.78. The number of aromatic nitrogens is 3. The highest BCUT2D eigenvalue weighted by atomic mass is 32.2. The number of hydrogen-bond donors (Lipinski definition) is 1. The summed E-state index contributed by atoms with van der Waals surface area (Å²) < 4.78 is 11.2. The van der Waals surface area contributed by atoms with Crippen LogP contribution in [0.2, 0.25) is 0 Å². The molecule has 6 aliphatic rings. The molecule has 4 aromatic rings. The summed E-state index contributed by atoms with van der Waals surface area (Å²) in [5.74, 6) is 1.57. The van der Waals surface area contributed by atoms with Crippen LogP contribution in [0.3, 0.4) is 0 Å². The van der Waals surface area contributed by atoms with E-state index in [0.717, 1.165) is 55.4 Å². The molecular weight excluding hydrogens is 621 g/mol. The molecule has 2 amide bonds. The first-order valence-electron chi connectivity index (χ1n) is 17.6. The molecule has 5 heterocycles. The Bertz CT molecular complexity index is 2000. The van der Waals surface area contributed by atoms with Gasteiger partial charge in [-0.05, 0) is 92.6 Å². The molecule has 246 valence electrons. The lowest BCUT2D eigenvalue weighted by molar-refractivity contribution is -0.278. The number of carbonyl (C=O) groups excluding carboxylic acids is 2. The van der Waals surface area contributed by atoms with E-state index in [1.165, 1.54) is 53.5 Å². The minimum absolute atomic E-state index is 0.144. The van der Waals surface area contributed by atoms with Gasteiger partial charge >= 0.3 is 0 Å². The van der Waals surface area contributed by atoms with E-state index in [1.807, 2.05) is 6.07 Å². The second kappa shape index (κ2) is 10.3. The Morgan fingerprint density at radius 3 is 2.58 bits per heavy atom. The third-order valence-electron chi connectivity index (χ3n) is 13.0. The molecular formula is C38H40N6O3S. The van der Waals surface area contributed by atoms with Crippen molar-refractivity contribution >= 4 is 34.7 Å². The van der Waals surface area contributed by atoms with Crippen LogP contribution < -0.4 is 9.46 Å². The van der Waals surface area contributed by atoms with Gasteiger partial charge in [0, 0.05) is 65.4 Å². The first kappa shape index (κ1) is 29.1. The monoisotopic (exact) mass is 660 g/mol. The number of piperazine rings is 1. The Labute approximate surface area is 284 Å². The number of carbonyl (C=O) groups is 2. The Kier molecular flexibility index (Phi) is 6.24. The van der Waals surface area contributed by atoms with Gasteiger partial charge in [0.2, 0.25) is 11.1 Å². The molecule has 2 aromatic heterocycles. The number of likely N-dealkylation sites (N-methyl/N-ethyl adjacent to an activating group) is 1. The number of rotatable bonds is 6. The molecule has 0 bridgehead atoms. The van der Waals surface area contributed by atoms with E-state index in [1.54, 1.807) is 25.6 Å². The van der Waals surface area contributed by atoms with Gasteiger partial charge in [-0.3, -0.25) is 19.2 Å². The van der Waals surface area contributed by atoms with Gasteiger partial charge in [-0.1, -0.05) is 25.3 Å². The van der Waals surface area contributed by atoms with E-state index in [9.17, 15) is 9.59 Å². The lowest BCUT2D eigenvalue weighted by Crippen LogP contribution is -2.96. The largest absolute Gasteiger partial charge is 0.497 e. The second-order valence-corrected chi connectivity index (χ2v) is 15.8. The highest BCUT2D eigenvalue weighted by Crippen LogP contribution is 2.69. The fourth-order valence-electron chi connectivity index (χ4n) is 10.4. The highest BCUT2D eigenvalue weighted by molar-refractivity contribution is 7.97. The van der Waals surface area contributed by atoms with Crippen molar-refractivity contribution in [2.45, 2.75) is 92.5 Å². The summed E-state index contributed by atoms with van der Waals surface area (Å²) in [6.07, 6.45) is 12.5. The quantitative estimate of drug-likeness (QED) is 0.196. The number of ether oxygens (including phenoxy) is 1. The molecule has 3 aliphatic heterocycles. The number of likely N-dealkylation sites (tertiary alicyclic amines) is 2. The van der Waals surface area contributed by atoms with Crippen LogP contribution in [0, 0.1) is 5.41 Å². The summed E-state index contributed by atoms with van der Waals surface area (Å²) in [5.41, 5.74) is 6.45. The van der Waals surface area contributed by atoms with Crippen molar-refractivity contribution in [2.75, 3.05) is 20.7 Å². The Balaban J connectivity index is 1.12. The Morgan fingerprint density at radius 2 is 1.85 bits per heavy atom. The predicted molar refractivity (Wildman–Crippen MR) is 184 cm³/mol. The van der Waals surface area contributed by atoms with Crippen molar-refractivity contribution in [1.82, 2.24) is 29.1 Å². The van der Waals surface area contributed by atoms with Crippen molar-refractivity contribution in [1.29, 1.82) is 0 Å². The van der Waals surface area contributed by atoms with Crippen molar-refractivity contribution < 1.29 is 14.3 Å². The fourth-order valence-corrected chi connectivity index (χ4v) is 11.0. The van der Waals surface area contributed by atoms with Gasteiger partial charge in [-0.2, -0.15) is 0 Å². The van der Waals surface area contributed by atoms with Gasteiger partial charge < -0.3 is 14.2 Å². The highest BCUT2D eigenvalue weighted by Gasteiger charge is 2.78. The molecule has 10 rings (SSSR count). The third kappa shape index (κ3) is 3.79. The van der Waals surface area contributed by atoms with Crippen molar-refractivity contribution in [3.8, 4) is 17.0 Å². The van der Waals surface area contributed by atoms with Gasteiger partial charge in [-0.25, -0.2) is 9.97 Å². The number of fused-ring (bicyclic) bond motifs is 7. The first-order chi connectivity index (χ1) is 23.4. The Hall–Kier alpha value is -3.89. The van der Waals surface area contributed by atoms with E-state index in [-0.39, 0.29) is 17.4 Å². The topological polar surface area (TPSA) is 92.6 Å². The lowest BCUT2D eigenvalue weighted by atomic mass is 9.52. The van der Waals surface area contributed by atoms with Crippen LogP contribution in [-0.2, 0) is 11.3 Å². The van der Waals surface area contributed by atoms with E-state index in [4.69, 9.17) is 4.74 Å². The molecule has 3 aliphatic carbocycles. The number of methoxy groups -OCH3 is 1. The molecule has 3 saturated carbocycles. The number of piperidine rings is 1. The summed E-state index contributed by atoms with van der Waals surface area (Å²) in [6.45, 7) is 1.60. The van der Waals surface area contributed by atoms with Crippen molar-refractivity contribution in [3.63, 3.8) is 0 Å². The molecule has 5 fully saturated rings. The molecule has 1 spiro atoms. The van der Waals surface area contributed by atoms with Gasteiger partial charge in [0.1, 0.15) is 5.75 Å². The lowest BCUT2D eigenvalue weighted by Gasteiger charge is -2.80. The maximum Gasteiger partial charge on any atom is 0.261 e. The van der Waals surface area contributed by atoms with Gasteiger partial charge in [0.15, 0.2) is 0 Å². The number of benzene rings is 2. The normalized spacial score (nSPS) is 29.9. The number of amides is 2. The maximum absolute atomic E-state index is 15.0. The van der Waals surface area contributed by atoms with Crippen LogP contribution in [0.1, 0.15) is 84.7 Å². The molecule has 2 aromatic carbocycles. The van der Waals surface area contributed by atoms with Crippen molar-refractivity contribution in [2.24, 2.45) is 5.41 Å². The fraction of sp³-hybridized carbons (Fsp3) is 0.474. The molecule has 10 heteroatoms. The summed E-state index contributed by atoms with van der Waals surface area (Å²) in [6, 6.07) is 15.1. The molecule has 5 unspecified atom stereocenters. The molecule has 5 atom stereocenters. The molecule has 9 nitrogen and oxygen atoms in total. The van der Waals surface area contributed by atoms with E-state index in [0.29, 0.717) is 41.2 Å². The summed E-state index contributed by atoms with van der Waals surface area (Å²) in [7, 11) is 3.95. The number of nitrogens with one attached hydrogen (secondary N) is 1. The van der Waals surface area contributed by atoms with Crippen LogP contribution >= 0.6 is 11.9 Å². The zero-order valence-corrected chi connectivity index (χ0v) is 28.3. The van der Waals surface area contributed by atoms with E-state index in [2.05, 4.69) is 66.4 Å². The second-order valence-electron chi connectivity index (χ2n) is 15.0. The third-order valence-corrected chi connectivity index (χ3v) is 13.7. The van der Waals surface area contributed by atoms with Gasteiger partial charge in [0.05, 0.1) is 35.8 Å². The van der Waals surface area contributed by atoms with Crippen molar-refractivity contribution in [3.05, 3.63) is 71.5 Å². The first-order valence-corrected chi connectivity index (χ1v) is 18.4. The van der Waals surface area contributed by atoms with E-state index < -0.39 is 5.41 Å². The summed E-state index contributed by atoms with van der Waals surface area (Å²) >= 11 is 1.12. The summed E-state index contributed by atoms with van der Waals surface area (Å²) in [5, 5.41) is 1.70. The minimum Gasteiger partial charge on any atom is -0.497 e. The minimum atomic E-state index is -0.503. The van der Waals surface area contributed by atoms with Gasteiger partial charge in [0.25, 0.3) is 5.91 Å². The molecule has 2 saturated heterocycles. The van der Waals surface area contributed by atoms with Gasteiger partial charge in [-0.15, -0.1) is 0 Å². The molecule has 48 heavy (non-hydrogen) atoms. The molecule has 1 N–H and O–H groups in total. The standard InChI is InChI=1S/C38H40N6O3S/c1-42-20-31-38(42)14-13-30(38)44(31)35(46)37-19-28(37)27-18-24(47-2)10-12-25(27)33-32(22-7-4-3-5-8-22)26-11-9-23(17-29(26)43(33)21-37)34(45)41-48-36-39-15-6-16-40-36/h6,9-12,15-18,22,28,30-31H,3-5,7-8,13-14,19-21H2,1-2H3,(H,41,45). The average molecular weight is 661 g/mol. The predicted octanol–water partition coefficient (Wildman–Crippen LogP) is 6.14. The maximum atomic E-state index is 15.0. The van der Waals surface area contributed by atoms with Crippen LogP contribution in [0.25, 0.3) is 22.2 Å². The smallest absolute Gasteiger partial charge is 0.261 e. The SMILES string of the molecule is COc1ccc2c(c1)C1CC1(C(=O)N1C3CCC34C1CN4C)Cn1c-2c(C2CCCCC2)c2ccc(C(=O)NSc3ncccn3)cc21. The zero-order valence-electron chi connectivity index (χ0n) is 27.4. The summed E-state index contributed by atoms with van der Waals surface area (Å²) in [4.78, 5) is 41.8. The van der Waals surface area contributed by atoms with Crippen LogP contribution in [-0.4, -0.2) is 74.5 Å². The van der Waals surface area contributed by atoms with Crippen LogP contribution in [0.4, 0.5) is 0 Å². The number of nitrogens with zero attached hydrogens (tertiary/aromatic N) is 5.